The first-order valence-corrected chi connectivity index (χ1v) is 9.66. The van der Waals surface area contributed by atoms with Crippen LogP contribution in [0.1, 0.15) is 49.0 Å². The summed E-state index contributed by atoms with van der Waals surface area (Å²) in [5.41, 5.74) is 6.98. The molecular weight excluding hydrogens is 370 g/mol. The summed E-state index contributed by atoms with van der Waals surface area (Å²) in [7, 11) is 0. The highest BCUT2D eigenvalue weighted by Gasteiger charge is 2.08. The van der Waals surface area contributed by atoms with E-state index in [9.17, 15) is 9.90 Å². The first-order valence-electron chi connectivity index (χ1n) is 11.3. The van der Waals surface area contributed by atoms with Crippen LogP contribution < -0.4 is 11.1 Å². The number of carbonyl (C=O) groups excluding carboxylic acids is 1. The molecule has 1 atom stereocenters. The van der Waals surface area contributed by atoms with Gasteiger partial charge in [0, 0.05) is 16.5 Å². The lowest BCUT2D eigenvalue weighted by Gasteiger charge is -2.10. The number of benzene rings is 2. The highest BCUT2D eigenvalue weighted by atomic mass is 32.1. The number of aromatic nitrogens is 1. The van der Waals surface area contributed by atoms with E-state index >= 15 is 0 Å². The summed E-state index contributed by atoms with van der Waals surface area (Å²) in [5.74, 6) is -0.973. The van der Waals surface area contributed by atoms with E-state index in [1.54, 1.807) is 24.3 Å². The van der Waals surface area contributed by atoms with E-state index in [4.69, 9.17) is 12.6 Å². The van der Waals surface area contributed by atoms with Gasteiger partial charge in [0.15, 0.2) is 5.13 Å². The van der Waals surface area contributed by atoms with Gasteiger partial charge in [-0.05, 0) is 42.5 Å². The smallest absolute Gasteiger partial charge is 0.230 e. The molecule has 0 aliphatic rings. The first kappa shape index (κ1) is 14.3. The van der Waals surface area contributed by atoms with Crippen molar-refractivity contribution in [3.63, 3.8) is 0 Å². The number of nitrogen functional groups attached to an aromatic ring is 1. The number of aliphatic hydroxyl groups is 1. The Morgan fingerprint density at radius 3 is 2.68 bits per heavy atom. The Balaban J connectivity index is 1.58. The number of hydrogen-bond donors (Lipinski definition) is 3. The average molecular weight is 401 g/mol. The number of carbonyl (C=O) groups is 1. The second kappa shape index (κ2) is 10.0. The molecule has 4 N–H and O–H groups in total. The number of rotatable bonds is 9. The number of aryl methyl sites for hydroxylation is 1. The molecule has 5 nitrogen and oxygen atoms in total. The van der Waals surface area contributed by atoms with Gasteiger partial charge >= 0.3 is 0 Å². The van der Waals surface area contributed by atoms with E-state index in [-0.39, 0.29) is 29.0 Å². The van der Waals surface area contributed by atoms with E-state index in [0.717, 1.165) is 16.9 Å². The van der Waals surface area contributed by atoms with Crippen molar-refractivity contribution in [2.75, 3.05) is 11.1 Å². The zero-order valence-corrected chi connectivity index (χ0v) is 16.0. The summed E-state index contributed by atoms with van der Waals surface area (Å²) in [6, 6.07) is 15.6. The Labute approximate surface area is 176 Å². The number of thiazole rings is 1. The van der Waals surface area contributed by atoms with Crippen LogP contribution in [0.4, 0.5) is 10.8 Å². The van der Waals surface area contributed by atoms with Gasteiger partial charge in [0.05, 0.1) is 19.5 Å². The van der Waals surface area contributed by atoms with Crippen LogP contribution in [-0.2, 0) is 17.6 Å². The Morgan fingerprint density at radius 2 is 2.00 bits per heavy atom. The van der Waals surface area contributed by atoms with E-state index in [1.807, 2.05) is 30.3 Å². The lowest BCUT2D eigenvalue weighted by atomic mass is 10.0. The number of amides is 1. The third-order valence-electron chi connectivity index (χ3n) is 4.03. The third-order valence-corrected chi connectivity index (χ3v) is 4.62. The predicted molar refractivity (Wildman–Crippen MR) is 114 cm³/mol. The highest BCUT2D eigenvalue weighted by Crippen LogP contribution is 2.20. The van der Waals surface area contributed by atoms with E-state index < -0.39 is 24.8 Å². The minimum absolute atomic E-state index is 0.0154. The molecule has 0 radical (unpaired) electrons. The van der Waals surface area contributed by atoms with E-state index in [0.29, 0.717) is 17.7 Å². The Morgan fingerprint density at radius 1 is 1.25 bits per heavy atom. The largest absolute Gasteiger partial charge is 0.388 e. The van der Waals surface area contributed by atoms with Crippen LogP contribution in [0.25, 0.3) is 0 Å². The molecule has 0 unspecified atom stereocenters. The molecule has 146 valence electrons. The molecule has 0 aliphatic carbocycles. The lowest BCUT2D eigenvalue weighted by Crippen LogP contribution is -2.14. The van der Waals surface area contributed by atoms with Gasteiger partial charge in [-0.3, -0.25) is 4.79 Å². The maximum absolute atomic E-state index is 12.4. The summed E-state index contributed by atoms with van der Waals surface area (Å²) in [5, 5.41) is 12.6. The minimum Gasteiger partial charge on any atom is -0.388 e. The summed E-state index contributed by atoms with van der Waals surface area (Å²) >= 11 is 0.793. The molecule has 0 spiro atoms. The second-order valence-electron chi connectivity index (χ2n) is 6.17. The second-order valence-corrected chi connectivity index (χ2v) is 7.00. The van der Waals surface area contributed by atoms with Crippen LogP contribution in [0.15, 0.2) is 60.0 Å². The number of nitrogens with one attached hydrogen (secondary N) is 1. The van der Waals surface area contributed by atoms with Gasteiger partial charge in [0.25, 0.3) is 0 Å². The molecule has 0 fully saturated rings. The molecule has 3 aromatic rings. The number of hydrogen-bond acceptors (Lipinski definition) is 5. The Bertz CT molecular complexity index is 1090. The molecule has 0 saturated carbocycles. The average Bonchev–Trinajstić information content (AvgIpc) is 3.12. The van der Waals surface area contributed by atoms with Crippen LogP contribution in [0.3, 0.4) is 0 Å². The highest BCUT2D eigenvalue weighted by molar-refractivity contribution is 7.13. The van der Waals surface area contributed by atoms with Crippen LogP contribution >= 0.6 is 11.3 Å². The maximum atomic E-state index is 12.4. The van der Waals surface area contributed by atoms with Gasteiger partial charge in [-0.15, -0.1) is 11.3 Å². The van der Waals surface area contributed by atoms with Crippen LogP contribution in [0.2, 0.25) is 0 Å². The minimum atomic E-state index is -2.53. The zero-order chi connectivity index (χ0) is 24.2. The van der Waals surface area contributed by atoms with Crippen molar-refractivity contribution >= 4 is 28.1 Å². The molecule has 0 bridgehead atoms. The predicted octanol–water partition coefficient (Wildman–Crippen LogP) is 4.35. The molecule has 1 aromatic heterocycles. The van der Waals surface area contributed by atoms with E-state index in [2.05, 4.69) is 10.3 Å². The molecule has 3 rings (SSSR count). The fraction of sp³-hybridized carbons (Fsp3) is 0.273. The summed E-state index contributed by atoms with van der Waals surface area (Å²) in [4.78, 5) is 16.2. The number of aliphatic hydroxyl groups excluding tert-OH is 1. The Kier molecular flexibility index (Phi) is 5.12. The van der Waals surface area contributed by atoms with Gasteiger partial charge in [-0.1, -0.05) is 48.9 Å². The van der Waals surface area contributed by atoms with Crippen molar-refractivity contribution in [2.45, 2.75) is 38.1 Å². The monoisotopic (exact) mass is 400 g/mol. The third kappa shape index (κ3) is 6.18. The van der Waals surface area contributed by atoms with Gasteiger partial charge in [0.1, 0.15) is 0 Å². The van der Waals surface area contributed by atoms with Gasteiger partial charge in [-0.2, -0.15) is 0 Å². The molecule has 2 aromatic carbocycles. The fourth-order valence-corrected chi connectivity index (χ4v) is 3.03. The molecule has 0 saturated heterocycles. The quantitative estimate of drug-likeness (QED) is 0.498. The number of nitrogens with zero attached hydrogens (tertiary/aromatic N) is 1. The summed E-state index contributed by atoms with van der Waals surface area (Å²) in [6.45, 7) is 0. The van der Waals surface area contributed by atoms with Gasteiger partial charge < -0.3 is 16.2 Å². The lowest BCUT2D eigenvalue weighted by molar-refractivity contribution is -0.115. The van der Waals surface area contributed by atoms with Crippen molar-refractivity contribution < 1.29 is 16.8 Å². The van der Waals surface area contributed by atoms with Crippen molar-refractivity contribution in [1.29, 1.82) is 0 Å². The normalized spacial score (nSPS) is 15.5. The molecule has 6 heteroatoms. The standard InChI is InChI=1S/C22H25N3O2S/c23-22-25-19(15-28-22)14-21(27)24-18-12-10-16(11-13-18)6-4-5-9-20(26)17-7-2-1-3-8-17/h1-3,7-8,10-13,15,20,26H,4-6,9,14H2,(H2,23,25)(H,24,27)/t20-/m0/s1/i4D2,14D2,15D. The summed E-state index contributed by atoms with van der Waals surface area (Å²) < 4.78 is 40.4. The summed E-state index contributed by atoms with van der Waals surface area (Å²) in [6.07, 6.45) is -4.20. The Hall–Kier alpha value is -2.70. The molecule has 1 amide bonds. The number of nitrogens with two attached hydrogens (primary N) is 1. The van der Waals surface area contributed by atoms with Crippen molar-refractivity contribution in [3.05, 3.63) is 76.8 Å². The van der Waals surface area contributed by atoms with Crippen LogP contribution in [0, 0.1) is 0 Å². The molecule has 0 aliphatic heterocycles. The van der Waals surface area contributed by atoms with Gasteiger partial charge in [-0.25, -0.2) is 4.98 Å². The fourth-order valence-electron chi connectivity index (χ4n) is 2.60. The molecule has 1 heterocycles. The van der Waals surface area contributed by atoms with Crippen molar-refractivity contribution in [2.24, 2.45) is 0 Å². The SMILES string of the molecule is [2H]c1sc(N)nc1C([2H])([2H])C(=O)Nc1ccc(CC([2H])([2H])CC[C@H](O)c2ccccc2)cc1. The van der Waals surface area contributed by atoms with Crippen LogP contribution in [0.5, 0.6) is 0 Å². The maximum Gasteiger partial charge on any atom is 0.230 e. The molecular formula is C22H25N3O2S. The van der Waals surface area contributed by atoms with Gasteiger partial charge in [0.2, 0.25) is 5.91 Å². The van der Waals surface area contributed by atoms with E-state index in [1.165, 1.54) is 0 Å². The first-order chi connectivity index (χ1) is 15.5. The van der Waals surface area contributed by atoms with Crippen LogP contribution in [-0.4, -0.2) is 16.0 Å². The zero-order valence-electron chi connectivity index (χ0n) is 20.2. The van der Waals surface area contributed by atoms with Crippen molar-refractivity contribution in [1.82, 2.24) is 4.98 Å². The number of anilines is 2. The topological polar surface area (TPSA) is 88.2 Å². The van der Waals surface area contributed by atoms with Crippen molar-refractivity contribution in [3.8, 4) is 0 Å². The molecule has 28 heavy (non-hydrogen) atoms.